The van der Waals surface area contributed by atoms with Crippen molar-refractivity contribution in [3.05, 3.63) is 17.5 Å². The van der Waals surface area contributed by atoms with E-state index in [0.717, 1.165) is 31.4 Å². The summed E-state index contributed by atoms with van der Waals surface area (Å²) >= 11 is 0. The van der Waals surface area contributed by atoms with Gasteiger partial charge in [-0.05, 0) is 32.3 Å². The molecule has 2 atom stereocenters. The molecule has 138 valence electrons. The molecule has 0 unspecified atom stereocenters. The van der Waals surface area contributed by atoms with Gasteiger partial charge in [-0.25, -0.2) is 0 Å². The number of amides is 2. The van der Waals surface area contributed by atoms with E-state index in [-0.39, 0.29) is 23.3 Å². The number of nitrogens with zero attached hydrogens (tertiary/aromatic N) is 3. The third-order valence-corrected chi connectivity index (χ3v) is 5.76. The summed E-state index contributed by atoms with van der Waals surface area (Å²) in [5.74, 6) is 0.122. The number of carbonyl (C=O) groups is 2. The summed E-state index contributed by atoms with van der Waals surface area (Å²) in [6.07, 6.45) is 4.57. The number of hydrogen-bond donors (Lipinski definition) is 1. The molecule has 2 fully saturated rings. The van der Waals surface area contributed by atoms with Crippen molar-refractivity contribution >= 4 is 11.8 Å². The number of hydrogen-bond acceptors (Lipinski definition) is 4. The van der Waals surface area contributed by atoms with E-state index < -0.39 is 0 Å². The van der Waals surface area contributed by atoms with Crippen molar-refractivity contribution in [2.45, 2.75) is 45.1 Å². The standard InChI is InChI=1S/C18H28N4O3/c1-13-11-14(21(2)20-13)17(24)19-12-18-7-4-5-15(18)22(9-10-25-3)16(23)6-8-18/h11,15H,4-10,12H2,1-3H3,(H,19,24)/t15-,18+/m1/s1. The van der Waals surface area contributed by atoms with E-state index in [2.05, 4.69) is 10.4 Å². The lowest BCUT2D eigenvalue weighted by Gasteiger charge is -2.46. The zero-order chi connectivity index (χ0) is 18.0. The fraction of sp³-hybridized carbons (Fsp3) is 0.722. The molecule has 1 aliphatic heterocycles. The van der Waals surface area contributed by atoms with Crippen molar-refractivity contribution < 1.29 is 14.3 Å². The summed E-state index contributed by atoms with van der Waals surface area (Å²) < 4.78 is 6.79. The van der Waals surface area contributed by atoms with Crippen LogP contribution in [0, 0.1) is 12.3 Å². The largest absolute Gasteiger partial charge is 0.383 e. The summed E-state index contributed by atoms with van der Waals surface area (Å²) in [7, 11) is 3.44. The van der Waals surface area contributed by atoms with E-state index >= 15 is 0 Å². The van der Waals surface area contributed by atoms with Crippen molar-refractivity contribution in [3.8, 4) is 0 Å². The number of rotatable bonds is 6. The highest BCUT2D eigenvalue weighted by Gasteiger charge is 2.50. The van der Waals surface area contributed by atoms with Gasteiger partial charge in [0.1, 0.15) is 5.69 Å². The third-order valence-electron chi connectivity index (χ3n) is 5.76. The van der Waals surface area contributed by atoms with E-state index in [4.69, 9.17) is 4.74 Å². The normalized spacial score (nSPS) is 26.0. The van der Waals surface area contributed by atoms with Gasteiger partial charge < -0.3 is 15.0 Å². The van der Waals surface area contributed by atoms with Crippen LogP contribution in [0.15, 0.2) is 6.07 Å². The van der Waals surface area contributed by atoms with E-state index in [1.165, 1.54) is 0 Å². The number of likely N-dealkylation sites (tertiary alicyclic amines) is 1. The number of carbonyl (C=O) groups excluding carboxylic acids is 2. The average Bonchev–Trinajstić information content (AvgIpc) is 3.15. The van der Waals surface area contributed by atoms with Gasteiger partial charge in [-0.2, -0.15) is 5.10 Å². The van der Waals surface area contributed by atoms with E-state index in [1.807, 2.05) is 11.8 Å². The van der Waals surface area contributed by atoms with E-state index in [9.17, 15) is 9.59 Å². The van der Waals surface area contributed by atoms with Crippen LogP contribution in [-0.4, -0.2) is 59.3 Å². The molecule has 7 nitrogen and oxygen atoms in total. The second kappa shape index (κ2) is 7.15. The van der Waals surface area contributed by atoms with Gasteiger partial charge in [0.05, 0.1) is 12.3 Å². The van der Waals surface area contributed by atoms with Crippen LogP contribution >= 0.6 is 0 Å². The van der Waals surface area contributed by atoms with Gasteiger partial charge in [0, 0.05) is 45.1 Å². The van der Waals surface area contributed by atoms with Gasteiger partial charge >= 0.3 is 0 Å². The van der Waals surface area contributed by atoms with Gasteiger partial charge in [-0.1, -0.05) is 6.42 Å². The molecule has 0 spiro atoms. The number of nitrogens with one attached hydrogen (secondary N) is 1. The average molecular weight is 348 g/mol. The highest BCUT2D eigenvalue weighted by atomic mass is 16.5. The Morgan fingerprint density at radius 1 is 1.48 bits per heavy atom. The number of ether oxygens (including phenoxy) is 1. The Morgan fingerprint density at radius 3 is 2.96 bits per heavy atom. The zero-order valence-electron chi connectivity index (χ0n) is 15.4. The summed E-state index contributed by atoms with van der Waals surface area (Å²) in [4.78, 5) is 26.9. The molecule has 1 aromatic rings. The maximum absolute atomic E-state index is 12.6. The summed E-state index contributed by atoms with van der Waals surface area (Å²) in [6.45, 7) is 3.68. The zero-order valence-corrected chi connectivity index (χ0v) is 15.4. The maximum Gasteiger partial charge on any atom is 0.269 e. The van der Waals surface area contributed by atoms with Crippen molar-refractivity contribution in [1.29, 1.82) is 0 Å². The molecular formula is C18H28N4O3. The van der Waals surface area contributed by atoms with Crippen LogP contribution in [0.2, 0.25) is 0 Å². The molecule has 1 N–H and O–H groups in total. The molecule has 0 aromatic carbocycles. The lowest BCUT2D eigenvalue weighted by Crippen LogP contribution is -2.56. The van der Waals surface area contributed by atoms with Crippen molar-refractivity contribution in [3.63, 3.8) is 0 Å². The quantitative estimate of drug-likeness (QED) is 0.840. The Bertz CT molecular complexity index is 657. The van der Waals surface area contributed by atoms with Crippen LogP contribution < -0.4 is 5.32 Å². The molecule has 0 radical (unpaired) electrons. The Hall–Kier alpha value is -1.89. The first-order valence-corrected chi connectivity index (χ1v) is 9.04. The van der Waals surface area contributed by atoms with E-state index in [0.29, 0.717) is 31.8 Å². The molecule has 2 aliphatic rings. The van der Waals surface area contributed by atoms with Crippen LogP contribution in [0.1, 0.15) is 48.3 Å². The predicted molar refractivity (Wildman–Crippen MR) is 93.2 cm³/mol. The SMILES string of the molecule is COCCN1C(=O)CC[C@]2(CNC(=O)c3cc(C)nn3C)CCC[C@@H]12. The van der Waals surface area contributed by atoms with Gasteiger partial charge in [0.25, 0.3) is 5.91 Å². The summed E-state index contributed by atoms with van der Waals surface area (Å²) in [5.41, 5.74) is 1.40. The number of aromatic nitrogens is 2. The number of methoxy groups -OCH3 is 1. The molecule has 7 heteroatoms. The van der Waals surface area contributed by atoms with Crippen LogP contribution in [0.5, 0.6) is 0 Å². The molecule has 1 aromatic heterocycles. The Balaban J connectivity index is 1.70. The van der Waals surface area contributed by atoms with Gasteiger partial charge in [-0.15, -0.1) is 0 Å². The molecule has 1 saturated heterocycles. The molecule has 1 aliphatic carbocycles. The fourth-order valence-electron chi connectivity index (χ4n) is 4.51. The Labute approximate surface area is 148 Å². The summed E-state index contributed by atoms with van der Waals surface area (Å²) in [5, 5.41) is 7.34. The topological polar surface area (TPSA) is 76.5 Å². The highest BCUT2D eigenvalue weighted by molar-refractivity contribution is 5.92. The minimum Gasteiger partial charge on any atom is -0.383 e. The second-order valence-corrected chi connectivity index (χ2v) is 7.33. The number of aryl methyl sites for hydroxylation is 2. The first kappa shape index (κ1) is 17.9. The lowest BCUT2D eigenvalue weighted by molar-refractivity contribution is -0.142. The monoisotopic (exact) mass is 348 g/mol. The molecule has 2 amide bonds. The minimum absolute atomic E-state index is 0.00898. The molecule has 0 bridgehead atoms. The first-order valence-electron chi connectivity index (χ1n) is 9.04. The first-order chi connectivity index (χ1) is 12.0. The van der Waals surface area contributed by atoms with Crippen LogP contribution in [0.3, 0.4) is 0 Å². The smallest absolute Gasteiger partial charge is 0.269 e. The fourth-order valence-corrected chi connectivity index (χ4v) is 4.51. The Morgan fingerprint density at radius 2 is 2.28 bits per heavy atom. The van der Waals surface area contributed by atoms with Gasteiger partial charge in [0.2, 0.25) is 5.91 Å². The molecule has 3 rings (SSSR count). The van der Waals surface area contributed by atoms with Crippen LogP contribution in [0.4, 0.5) is 0 Å². The lowest BCUT2D eigenvalue weighted by atomic mass is 9.74. The van der Waals surface area contributed by atoms with Crippen LogP contribution in [0.25, 0.3) is 0 Å². The van der Waals surface area contributed by atoms with Gasteiger partial charge in [-0.3, -0.25) is 14.3 Å². The van der Waals surface area contributed by atoms with Crippen molar-refractivity contribution in [1.82, 2.24) is 20.0 Å². The third kappa shape index (κ3) is 3.42. The van der Waals surface area contributed by atoms with Gasteiger partial charge in [0.15, 0.2) is 0 Å². The van der Waals surface area contributed by atoms with Crippen molar-refractivity contribution in [2.75, 3.05) is 26.8 Å². The highest BCUT2D eigenvalue weighted by Crippen LogP contribution is 2.47. The molecule has 1 saturated carbocycles. The van der Waals surface area contributed by atoms with E-state index in [1.54, 1.807) is 24.9 Å². The summed E-state index contributed by atoms with van der Waals surface area (Å²) in [6, 6.07) is 2.01. The Kier molecular flexibility index (Phi) is 5.13. The second-order valence-electron chi connectivity index (χ2n) is 7.33. The van der Waals surface area contributed by atoms with Crippen molar-refractivity contribution in [2.24, 2.45) is 12.5 Å². The predicted octanol–water partition coefficient (Wildman–Crippen LogP) is 1.27. The van der Waals surface area contributed by atoms with Crippen LogP contribution in [-0.2, 0) is 16.6 Å². The molecule has 25 heavy (non-hydrogen) atoms. The molecular weight excluding hydrogens is 320 g/mol. The number of fused-ring (bicyclic) bond motifs is 1. The number of piperidine rings is 1. The minimum atomic E-state index is -0.0940. The maximum atomic E-state index is 12.6. The molecule has 2 heterocycles.